The third-order valence-electron chi connectivity index (χ3n) is 5.28. The van der Waals surface area contributed by atoms with Crippen LogP contribution in [-0.4, -0.2) is 47.7 Å². The van der Waals surface area contributed by atoms with E-state index in [9.17, 15) is 4.79 Å². The number of carbonyl (C=O) groups excluding carboxylic acids is 1. The molecule has 0 spiro atoms. The average Bonchev–Trinajstić information content (AvgIpc) is 3.20. The summed E-state index contributed by atoms with van der Waals surface area (Å²) in [5.74, 6) is 2.69. The minimum atomic E-state index is 0.198. The third kappa shape index (κ3) is 3.63. The van der Waals surface area contributed by atoms with Gasteiger partial charge in [0, 0.05) is 31.1 Å². The number of carbonyl (C=O) groups is 1. The summed E-state index contributed by atoms with van der Waals surface area (Å²) in [5.41, 5.74) is 1.82. The lowest BCUT2D eigenvalue weighted by atomic mass is 10.1. The Hall–Kier alpha value is -3.12. The van der Waals surface area contributed by atoms with E-state index in [-0.39, 0.29) is 5.91 Å². The molecule has 29 heavy (non-hydrogen) atoms. The van der Waals surface area contributed by atoms with Gasteiger partial charge in [-0.05, 0) is 35.7 Å². The lowest BCUT2D eigenvalue weighted by Gasteiger charge is -2.36. The highest BCUT2D eigenvalue weighted by molar-refractivity contribution is 7.10. The summed E-state index contributed by atoms with van der Waals surface area (Å²) in [6.07, 6.45) is 0.489. The molecule has 0 unspecified atom stereocenters. The maximum atomic E-state index is 12.6. The molecule has 2 aliphatic heterocycles. The summed E-state index contributed by atoms with van der Waals surface area (Å²) >= 11 is 1.64. The lowest BCUT2D eigenvalue weighted by Crippen LogP contribution is -2.51. The van der Waals surface area contributed by atoms with Crippen molar-refractivity contribution in [2.24, 2.45) is 4.99 Å². The second kappa shape index (κ2) is 7.72. The molecule has 0 N–H and O–H groups in total. The number of fused-ring (bicyclic) bond motifs is 2. The van der Waals surface area contributed by atoms with Gasteiger partial charge in [-0.15, -0.1) is 11.3 Å². The molecular weight excluding hydrogens is 382 g/mol. The molecule has 146 valence electrons. The molecule has 1 fully saturated rings. The van der Waals surface area contributed by atoms with Crippen LogP contribution in [0.4, 0.5) is 5.69 Å². The largest absolute Gasteiger partial charge is 0.454 e. The van der Waals surface area contributed by atoms with Crippen LogP contribution in [0.15, 0.2) is 71.0 Å². The van der Waals surface area contributed by atoms with Crippen molar-refractivity contribution in [2.75, 3.05) is 26.2 Å². The first kappa shape index (κ1) is 17.9. The van der Waals surface area contributed by atoms with Crippen molar-refractivity contribution < 1.29 is 9.53 Å². The third-order valence-corrected chi connectivity index (χ3v) is 6.15. The van der Waals surface area contributed by atoms with Crippen LogP contribution in [0.2, 0.25) is 0 Å². The van der Waals surface area contributed by atoms with Crippen molar-refractivity contribution >= 4 is 28.8 Å². The van der Waals surface area contributed by atoms with E-state index in [1.807, 2.05) is 70.9 Å². The number of para-hydroxylation sites is 3. The molecule has 6 heteroatoms. The van der Waals surface area contributed by atoms with Gasteiger partial charge in [0.05, 0.1) is 12.0 Å². The Morgan fingerprint density at radius 2 is 1.69 bits per heavy atom. The Morgan fingerprint density at radius 1 is 0.931 bits per heavy atom. The minimum Gasteiger partial charge on any atom is -0.454 e. The Morgan fingerprint density at radius 3 is 2.48 bits per heavy atom. The lowest BCUT2D eigenvalue weighted by molar-refractivity contribution is -0.131. The summed E-state index contributed by atoms with van der Waals surface area (Å²) in [5, 5.41) is 2.02. The van der Waals surface area contributed by atoms with Crippen LogP contribution in [0, 0.1) is 0 Å². The molecule has 0 aliphatic carbocycles. The number of benzene rings is 2. The number of hydrogen-bond acceptors (Lipinski definition) is 5. The molecule has 0 bridgehead atoms. The highest BCUT2D eigenvalue weighted by Gasteiger charge is 2.27. The fourth-order valence-corrected chi connectivity index (χ4v) is 4.45. The molecule has 1 saturated heterocycles. The van der Waals surface area contributed by atoms with Gasteiger partial charge in [-0.3, -0.25) is 4.79 Å². The summed E-state index contributed by atoms with van der Waals surface area (Å²) < 4.78 is 6.14. The van der Waals surface area contributed by atoms with Gasteiger partial charge in [0.2, 0.25) is 5.91 Å². The number of amidine groups is 1. The van der Waals surface area contributed by atoms with Crippen molar-refractivity contribution in [2.45, 2.75) is 6.42 Å². The predicted octanol–water partition coefficient (Wildman–Crippen LogP) is 4.32. The summed E-state index contributed by atoms with van der Waals surface area (Å²) in [6, 6.07) is 19.9. The highest BCUT2D eigenvalue weighted by atomic mass is 32.1. The first-order chi connectivity index (χ1) is 14.3. The van der Waals surface area contributed by atoms with Gasteiger partial charge in [-0.2, -0.15) is 0 Å². The number of nitrogens with zero attached hydrogens (tertiary/aromatic N) is 3. The van der Waals surface area contributed by atoms with Crippen LogP contribution < -0.4 is 4.74 Å². The van der Waals surface area contributed by atoms with Crippen molar-refractivity contribution in [3.8, 4) is 11.5 Å². The van der Waals surface area contributed by atoms with E-state index in [1.54, 1.807) is 11.3 Å². The number of piperazine rings is 1. The maximum Gasteiger partial charge on any atom is 0.227 e. The topological polar surface area (TPSA) is 45.1 Å². The van der Waals surface area contributed by atoms with E-state index < -0.39 is 0 Å². The average molecular weight is 404 g/mol. The minimum absolute atomic E-state index is 0.198. The molecular formula is C23H21N3O2S. The van der Waals surface area contributed by atoms with E-state index in [1.165, 1.54) is 0 Å². The quantitative estimate of drug-likeness (QED) is 0.640. The molecule has 3 heterocycles. The number of amides is 1. The van der Waals surface area contributed by atoms with E-state index >= 15 is 0 Å². The fraction of sp³-hybridized carbons (Fsp3) is 0.217. The molecule has 2 aromatic carbocycles. The zero-order valence-electron chi connectivity index (χ0n) is 16.0. The van der Waals surface area contributed by atoms with Crippen molar-refractivity contribution in [3.05, 3.63) is 76.5 Å². The van der Waals surface area contributed by atoms with E-state index in [2.05, 4.69) is 4.90 Å². The zero-order chi connectivity index (χ0) is 19.6. The fourth-order valence-electron chi connectivity index (χ4n) is 3.75. The molecule has 1 amide bonds. The number of aliphatic imine (C=N–C) groups is 1. The standard InChI is InChI=1S/C23H21N3O2S/c27-22(16-17-6-5-15-29-17)25-11-13-26(14-12-25)23-18-7-1-3-9-20(18)28-21-10-4-2-8-19(21)24-23/h1-10,15H,11-14,16H2. The number of thiophene rings is 1. The Labute approximate surface area is 173 Å². The van der Waals surface area contributed by atoms with Crippen LogP contribution in [-0.2, 0) is 11.2 Å². The normalized spacial score (nSPS) is 15.7. The predicted molar refractivity (Wildman–Crippen MR) is 115 cm³/mol. The summed E-state index contributed by atoms with van der Waals surface area (Å²) in [7, 11) is 0. The Balaban J connectivity index is 1.37. The van der Waals surface area contributed by atoms with Gasteiger partial charge < -0.3 is 14.5 Å². The van der Waals surface area contributed by atoms with Gasteiger partial charge >= 0.3 is 0 Å². The number of rotatable bonds is 2. The molecule has 3 aromatic rings. The van der Waals surface area contributed by atoms with Gasteiger partial charge in [0.25, 0.3) is 0 Å². The first-order valence-electron chi connectivity index (χ1n) is 9.78. The van der Waals surface area contributed by atoms with Crippen LogP contribution in [0.3, 0.4) is 0 Å². The van der Waals surface area contributed by atoms with Crippen molar-refractivity contribution in [1.29, 1.82) is 0 Å². The van der Waals surface area contributed by atoms with Crippen LogP contribution in [0.1, 0.15) is 10.4 Å². The van der Waals surface area contributed by atoms with Gasteiger partial charge in [-0.1, -0.05) is 30.3 Å². The van der Waals surface area contributed by atoms with E-state index in [4.69, 9.17) is 9.73 Å². The summed E-state index contributed by atoms with van der Waals surface area (Å²) in [4.78, 5) is 22.9. The van der Waals surface area contributed by atoms with Gasteiger partial charge in [0.15, 0.2) is 5.75 Å². The van der Waals surface area contributed by atoms with Crippen molar-refractivity contribution in [3.63, 3.8) is 0 Å². The second-order valence-corrected chi connectivity index (χ2v) is 8.16. The Kier molecular flexibility index (Phi) is 4.77. The highest BCUT2D eigenvalue weighted by Crippen LogP contribution is 2.37. The smallest absolute Gasteiger partial charge is 0.227 e. The molecule has 5 nitrogen and oxygen atoms in total. The van der Waals surface area contributed by atoms with Gasteiger partial charge in [-0.25, -0.2) is 4.99 Å². The van der Waals surface area contributed by atoms with Crippen molar-refractivity contribution in [1.82, 2.24) is 9.80 Å². The number of hydrogen-bond donors (Lipinski definition) is 0. The molecule has 1 aromatic heterocycles. The molecule has 0 atom stereocenters. The van der Waals surface area contributed by atoms with E-state index in [0.29, 0.717) is 19.5 Å². The zero-order valence-corrected chi connectivity index (χ0v) is 16.8. The number of ether oxygens (including phenoxy) is 1. The SMILES string of the molecule is O=C(Cc1cccs1)N1CCN(C2=Nc3ccccc3Oc3ccccc32)CC1. The molecule has 2 aliphatic rings. The molecule has 0 radical (unpaired) electrons. The Bertz CT molecular complexity index is 1050. The maximum absolute atomic E-state index is 12.6. The molecule has 5 rings (SSSR count). The van der Waals surface area contributed by atoms with E-state index in [0.717, 1.165) is 46.6 Å². The van der Waals surface area contributed by atoms with Crippen LogP contribution in [0.5, 0.6) is 11.5 Å². The molecule has 0 saturated carbocycles. The second-order valence-electron chi connectivity index (χ2n) is 7.13. The van der Waals surface area contributed by atoms with Gasteiger partial charge in [0.1, 0.15) is 17.3 Å². The first-order valence-corrected chi connectivity index (χ1v) is 10.7. The summed E-state index contributed by atoms with van der Waals surface area (Å²) in [6.45, 7) is 2.92. The monoisotopic (exact) mass is 403 g/mol. The van der Waals surface area contributed by atoms with Crippen LogP contribution in [0.25, 0.3) is 0 Å². The van der Waals surface area contributed by atoms with Crippen LogP contribution >= 0.6 is 11.3 Å².